The minimum atomic E-state index is -3.30. The average molecular weight is 380 g/mol. The monoisotopic (exact) mass is 380 g/mol. The van der Waals surface area contributed by atoms with Crippen molar-refractivity contribution < 1.29 is 17.9 Å². The van der Waals surface area contributed by atoms with Gasteiger partial charge in [-0.05, 0) is 41.5 Å². The SMILES string of the molecule is CC(C)(C)C(=O)Oc1cnccn1.CC(C)(C)S(=O)(=O)c1cncnc1. The largest absolute Gasteiger partial charge is 0.405 e. The number of ether oxygens (including phenoxy) is 1. The first kappa shape index (κ1) is 21.6. The fraction of sp³-hybridized carbons (Fsp3) is 0.471. The molecule has 0 aliphatic heterocycles. The van der Waals surface area contributed by atoms with Gasteiger partial charge < -0.3 is 4.74 Å². The van der Waals surface area contributed by atoms with Crippen LogP contribution in [0.25, 0.3) is 0 Å². The van der Waals surface area contributed by atoms with Crippen molar-refractivity contribution in [2.45, 2.75) is 51.2 Å². The highest BCUT2D eigenvalue weighted by atomic mass is 32.2. The molecular formula is C17H24N4O4S. The van der Waals surface area contributed by atoms with E-state index < -0.39 is 20.0 Å². The van der Waals surface area contributed by atoms with E-state index in [2.05, 4.69) is 19.9 Å². The zero-order valence-electron chi connectivity index (χ0n) is 15.8. The van der Waals surface area contributed by atoms with Gasteiger partial charge in [0, 0.05) is 24.8 Å². The van der Waals surface area contributed by atoms with Crippen LogP contribution in [0.4, 0.5) is 0 Å². The molecule has 8 nitrogen and oxygen atoms in total. The highest BCUT2D eigenvalue weighted by Gasteiger charge is 2.31. The zero-order valence-corrected chi connectivity index (χ0v) is 16.6. The average Bonchev–Trinajstić information content (AvgIpc) is 2.55. The van der Waals surface area contributed by atoms with E-state index in [4.69, 9.17) is 4.74 Å². The Kier molecular flexibility index (Phi) is 6.91. The van der Waals surface area contributed by atoms with Gasteiger partial charge in [-0.25, -0.2) is 23.4 Å². The molecule has 0 saturated heterocycles. The summed E-state index contributed by atoms with van der Waals surface area (Å²) in [5.41, 5.74) is -0.516. The number of nitrogens with zero attached hydrogens (tertiary/aromatic N) is 4. The van der Waals surface area contributed by atoms with Crippen LogP contribution in [-0.2, 0) is 14.6 Å². The van der Waals surface area contributed by atoms with Crippen molar-refractivity contribution in [2.75, 3.05) is 0 Å². The molecule has 0 aromatic carbocycles. The normalized spacial score (nSPS) is 11.9. The summed E-state index contributed by atoms with van der Waals surface area (Å²) in [7, 11) is -3.30. The van der Waals surface area contributed by atoms with Crippen molar-refractivity contribution in [3.63, 3.8) is 0 Å². The maximum Gasteiger partial charge on any atom is 0.318 e. The number of carbonyl (C=O) groups is 1. The Balaban J connectivity index is 0.000000260. The summed E-state index contributed by atoms with van der Waals surface area (Å²) in [5, 5.41) is 0. The van der Waals surface area contributed by atoms with Gasteiger partial charge in [-0.1, -0.05) is 0 Å². The van der Waals surface area contributed by atoms with E-state index in [9.17, 15) is 13.2 Å². The second kappa shape index (κ2) is 8.31. The van der Waals surface area contributed by atoms with Crippen LogP contribution in [0.1, 0.15) is 41.5 Å². The van der Waals surface area contributed by atoms with E-state index in [1.165, 1.54) is 37.3 Å². The van der Waals surface area contributed by atoms with E-state index >= 15 is 0 Å². The van der Waals surface area contributed by atoms with Crippen molar-refractivity contribution >= 4 is 15.8 Å². The summed E-state index contributed by atoms with van der Waals surface area (Å²) in [6.07, 6.45) is 8.34. The van der Waals surface area contributed by atoms with Crippen LogP contribution in [0.5, 0.6) is 5.88 Å². The molecule has 9 heteroatoms. The second-order valence-electron chi connectivity index (χ2n) is 7.37. The van der Waals surface area contributed by atoms with Crippen LogP contribution in [-0.4, -0.2) is 39.1 Å². The second-order valence-corrected chi connectivity index (χ2v) is 10.1. The third kappa shape index (κ3) is 6.14. The first-order valence-corrected chi connectivity index (χ1v) is 9.32. The highest BCUT2D eigenvalue weighted by Crippen LogP contribution is 2.22. The number of aromatic nitrogens is 4. The highest BCUT2D eigenvalue weighted by molar-refractivity contribution is 7.92. The molecule has 0 saturated carbocycles. The number of esters is 1. The van der Waals surface area contributed by atoms with Crippen molar-refractivity contribution in [1.82, 2.24) is 19.9 Å². The number of rotatable bonds is 2. The number of hydrogen-bond donors (Lipinski definition) is 0. The summed E-state index contributed by atoms with van der Waals surface area (Å²) >= 11 is 0. The standard InChI is InChI=1S/C9H12N2O2.C8H12N2O2S/c1-9(2,3)8(12)13-7-6-10-4-5-11-7;1-8(2,3)13(11,12)7-4-9-6-10-5-7/h2*4-6H,1-3H3. The lowest BCUT2D eigenvalue weighted by Crippen LogP contribution is -2.28. The molecule has 0 unspecified atom stereocenters. The molecule has 0 atom stereocenters. The molecular weight excluding hydrogens is 356 g/mol. The molecule has 2 rings (SSSR count). The van der Waals surface area contributed by atoms with Crippen molar-refractivity contribution in [3.8, 4) is 5.88 Å². The van der Waals surface area contributed by atoms with E-state index in [0.717, 1.165) is 0 Å². The van der Waals surface area contributed by atoms with Gasteiger partial charge in [-0.15, -0.1) is 0 Å². The van der Waals surface area contributed by atoms with Crippen molar-refractivity contribution in [1.29, 1.82) is 0 Å². The molecule has 2 aromatic heterocycles. The molecule has 0 N–H and O–H groups in total. The van der Waals surface area contributed by atoms with E-state index in [-0.39, 0.29) is 16.7 Å². The summed E-state index contributed by atoms with van der Waals surface area (Å²) in [6.45, 7) is 10.3. The quantitative estimate of drug-likeness (QED) is 0.730. The maximum absolute atomic E-state index is 11.8. The first-order chi connectivity index (χ1) is 11.9. The van der Waals surface area contributed by atoms with Gasteiger partial charge in [0.1, 0.15) is 11.2 Å². The lowest BCUT2D eigenvalue weighted by molar-refractivity contribution is -0.143. The van der Waals surface area contributed by atoms with Crippen molar-refractivity contribution in [2.24, 2.45) is 5.41 Å². The van der Waals surface area contributed by atoms with Gasteiger partial charge >= 0.3 is 5.97 Å². The van der Waals surface area contributed by atoms with Gasteiger partial charge in [0.2, 0.25) is 5.88 Å². The molecule has 0 bridgehead atoms. The summed E-state index contributed by atoms with van der Waals surface area (Å²) in [4.78, 5) is 26.5. The zero-order chi connectivity index (χ0) is 20.0. The number of hydrogen-bond acceptors (Lipinski definition) is 8. The Labute approximate surface area is 154 Å². The third-order valence-corrected chi connectivity index (χ3v) is 5.45. The van der Waals surface area contributed by atoms with Crippen LogP contribution in [0.15, 0.2) is 42.2 Å². The molecule has 0 aliphatic carbocycles. The maximum atomic E-state index is 11.8. The fourth-order valence-electron chi connectivity index (χ4n) is 1.36. The summed E-state index contributed by atoms with van der Waals surface area (Å²) in [6, 6.07) is 0. The summed E-state index contributed by atoms with van der Waals surface area (Å²) < 4.78 is 27.7. The van der Waals surface area contributed by atoms with Gasteiger partial charge in [-0.2, -0.15) is 0 Å². The Morgan fingerprint density at radius 1 is 0.923 bits per heavy atom. The Morgan fingerprint density at radius 3 is 1.92 bits per heavy atom. The van der Waals surface area contributed by atoms with E-state index in [1.807, 2.05) is 0 Å². The molecule has 26 heavy (non-hydrogen) atoms. The predicted molar refractivity (Wildman–Crippen MR) is 96.1 cm³/mol. The van der Waals surface area contributed by atoms with Crippen LogP contribution in [0.2, 0.25) is 0 Å². The van der Waals surface area contributed by atoms with Crippen molar-refractivity contribution in [3.05, 3.63) is 37.3 Å². The molecule has 2 aromatic rings. The van der Waals surface area contributed by atoms with Crippen LogP contribution in [0.3, 0.4) is 0 Å². The lowest BCUT2D eigenvalue weighted by atomic mass is 9.97. The Hall–Kier alpha value is -2.42. The molecule has 2 heterocycles. The van der Waals surface area contributed by atoms with Gasteiger partial charge in [0.15, 0.2) is 9.84 Å². The van der Waals surface area contributed by atoms with Crippen LogP contribution in [0, 0.1) is 5.41 Å². The van der Waals surface area contributed by atoms with Gasteiger partial charge in [0.25, 0.3) is 0 Å². The van der Waals surface area contributed by atoms with E-state index in [0.29, 0.717) is 0 Å². The summed E-state index contributed by atoms with van der Waals surface area (Å²) in [5.74, 6) is -0.0737. The Morgan fingerprint density at radius 2 is 1.50 bits per heavy atom. The number of carbonyl (C=O) groups excluding carboxylic acids is 1. The van der Waals surface area contributed by atoms with E-state index in [1.54, 1.807) is 41.5 Å². The smallest absolute Gasteiger partial charge is 0.318 e. The Bertz CT molecular complexity index is 811. The first-order valence-electron chi connectivity index (χ1n) is 7.83. The molecule has 0 radical (unpaired) electrons. The van der Waals surface area contributed by atoms with Crippen LogP contribution < -0.4 is 4.74 Å². The van der Waals surface area contributed by atoms with Crippen LogP contribution >= 0.6 is 0 Å². The number of sulfone groups is 1. The molecule has 0 fully saturated rings. The minimum absolute atomic E-state index is 0.169. The molecule has 0 aliphatic rings. The minimum Gasteiger partial charge on any atom is -0.405 e. The fourth-order valence-corrected chi connectivity index (χ4v) is 2.47. The van der Waals surface area contributed by atoms with Gasteiger partial charge in [0.05, 0.1) is 16.4 Å². The molecule has 0 amide bonds. The topological polar surface area (TPSA) is 112 Å². The predicted octanol–water partition coefficient (Wildman–Crippen LogP) is 2.48. The van der Waals surface area contributed by atoms with Gasteiger partial charge in [-0.3, -0.25) is 9.78 Å². The third-order valence-electron chi connectivity index (χ3n) is 3.00. The lowest BCUT2D eigenvalue weighted by Gasteiger charge is -2.18. The molecule has 142 valence electrons. The molecule has 0 spiro atoms.